The van der Waals surface area contributed by atoms with Crippen LogP contribution in [0.1, 0.15) is 27.5 Å². The van der Waals surface area contributed by atoms with Gasteiger partial charge >= 0.3 is 6.18 Å². The van der Waals surface area contributed by atoms with Crippen molar-refractivity contribution in [3.05, 3.63) is 71.3 Å². The molecule has 2 unspecified atom stereocenters. The van der Waals surface area contributed by atoms with Crippen molar-refractivity contribution in [1.82, 2.24) is 16.3 Å². The van der Waals surface area contributed by atoms with Crippen molar-refractivity contribution in [2.45, 2.75) is 12.2 Å². The van der Waals surface area contributed by atoms with Gasteiger partial charge in [0.2, 0.25) is 0 Å². The quantitative estimate of drug-likeness (QED) is 0.579. The van der Waals surface area contributed by atoms with E-state index < -0.39 is 17.6 Å². The summed E-state index contributed by atoms with van der Waals surface area (Å²) < 4.78 is 37.6. The molecule has 0 aromatic heterocycles. The molecule has 3 N–H and O–H groups in total. The molecule has 1 heterocycles. The first-order chi connectivity index (χ1) is 12.4. The number of nitrogens with one attached hydrogen (secondary N) is 3. The minimum atomic E-state index is -4.43. The van der Waals surface area contributed by atoms with Crippen LogP contribution in [0.4, 0.5) is 13.2 Å². The van der Waals surface area contributed by atoms with Crippen molar-refractivity contribution >= 4 is 12.1 Å². The van der Waals surface area contributed by atoms with E-state index in [-0.39, 0.29) is 17.5 Å². The second-order valence-corrected chi connectivity index (χ2v) is 5.87. The first-order valence-electron chi connectivity index (χ1n) is 7.99. The van der Waals surface area contributed by atoms with Gasteiger partial charge in [-0.2, -0.15) is 18.3 Å². The molecule has 1 fully saturated rings. The van der Waals surface area contributed by atoms with Gasteiger partial charge in [0, 0.05) is 24.2 Å². The zero-order valence-electron chi connectivity index (χ0n) is 13.6. The van der Waals surface area contributed by atoms with Gasteiger partial charge in [0.05, 0.1) is 11.6 Å². The van der Waals surface area contributed by atoms with Gasteiger partial charge in [-0.25, -0.2) is 10.9 Å². The molecule has 1 aliphatic heterocycles. The van der Waals surface area contributed by atoms with Gasteiger partial charge in [0.1, 0.15) is 0 Å². The van der Waals surface area contributed by atoms with Gasteiger partial charge in [-0.1, -0.05) is 30.3 Å². The van der Waals surface area contributed by atoms with Crippen molar-refractivity contribution in [3.63, 3.8) is 0 Å². The van der Waals surface area contributed by atoms with Gasteiger partial charge < -0.3 is 0 Å². The lowest BCUT2D eigenvalue weighted by Gasteiger charge is -2.14. The number of amides is 1. The second kappa shape index (κ2) is 7.67. The molecule has 0 saturated carbocycles. The maximum absolute atomic E-state index is 12.5. The maximum atomic E-state index is 12.5. The van der Waals surface area contributed by atoms with Crippen LogP contribution in [0.5, 0.6) is 0 Å². The number of carbonyl (C=O) groups is 1. The number of nitrogens with zero attached hydrogens (tertiary/aromatic N) is 1. The van der Waals surface area contributed by atoms with Gasteiger partial charge in [-0.05, 0) is 29.8 Å². The standard InChI is InChI=1S/C18H17F3N4O/c19-18(20,21)15-8-6-13(7-9-15)17(26)25-23-11-14-10-22-24-16(14)12-4-2-1-3-5-12/h1-9,11,14,16,22,24H,10H2,(H,25,26)/b23-11+. The van der Waals surface area contributed by atoms with Gasteiger partial charge in [0.15, 0.2) is 0 Å². The molecule has 0 spiro atoms. The number of benzene rings is 2. The number of halogens is 3. The Bertz CT molecular complexity index is 775. The van der Waals surface area contributed by atoms with E-state index in [1.54, 1.807) is 6.21 Å². The smallest absolute Gasteiger partial charge is 0.267 e. The lowest BCUT2D eigenvalue weighted by Crippen LogP contribution is -2.25. The number of carbonyl (C=O) groups excluding carboxylic acids is 1. The van der Waals surface area contributed by atoms with Crippen LogP contribution in [0, 0.1) is 5.92 Å². The van der Waals surface area contributed by atoms with Crippen LogP contribution in [0.3, 0.4) is 0 Å². The summed E-state index contributed by atoms with van der Waals surface area (Å²) in [4.78, 5) is 12.0. The summed E-state index contributed by atoms with van der Waals surface area (Å²) in [6.45, 7) is 0.638. The molecule has 5 nitrogen and oxygen atoms in total. The third kappa shape index (κ3) is 4.27. The maximum Gasteiger partial charge on any atom is 0.416 e. The molecule has 1 saturated heterocycles. The van der Waals surface area contributed by atoms with E-state index in [4.69, 9.17) is 0 Å². The molecule has 2 aromatic carbocycles. The van der Waals surface area contributed by atoms with Crippen LogP contribution >= 0.6 is 0 Å². The molecule has 3 rings (SSSR count). The Balaban J connectivity index is 1.60. The minimum absolute atomic E-state index is 0.0166. The monoisotopic (exact) mass is 362 g/mol. The van der Waals surface area contributed by atoms with Gasteiger partial charge in [0.25, 0.3) is 5.91 Å². The van der Waals surface area contributed by atoms with E-state index in [0.717, 1.165) is 29.8 Å². The van der Waals surface area contributed by atoms with Crippen molar-refractivity contribution < 1.29 is 18.0 Å². The number of alkyl halides is 3. The fourth-order valence-electron chi connectivity index (χ4n) is 2.71. The highest BCUT2D eigenvalue weighted by Crippen LogP contribution is 2.29. The number of hydrazine groups is 1. The summed E-state index contributed by atoms with van der Waals surface area (Å²) in [5.41, 5.74) is 8.95. The zero-order chi connectivity index (χ0) is 18.6. The van der Waals surface area contributed by atoms with E-state index in [1.807, 2.05) is 30.3 Å². The second-order valence-electron chi connectivity index (χ2n) is 5.87. The Kier molecular flexibility index (Phi) is 5.34. The average molecular weight is 362 g/mol. The highest BCUT2D eigenvalue weighted by atomic mass is 19.4. The molecule has 8 heteroatoms. The molecule has 26 heavy (non-hydrogen) atoms. The normalized spacial score (nSPS) is 20.4. The predicted molar refractivity (Wildman–Crippen MR) is 91.2 cm³/mol. The lowest BCUT2D eigenvalue weighted by atomic mass is 9.96. The first kappa shape index (κ1) is 18.1. The SMILES string of the molecule is O=C(N/N=C/C1CNNC1c1ccccc1)c1ccc(C(F)(F)F)cc1. The molecule has 136 valence electrons. The van der Waals surface area contributed by atoms with Crippen LogP contribution in [-0.4, -0.2) is 18.7 Å². The third-order valence-corrected chi connectivity index (χ3v) is 4.09. The summed E-state index contributed by atoms with van der Waals surface area (Å²) >= 11 is 0. The fourth-order valence-corrected chi connectivity index (χ4v) is 2.71. The molecular formula is C18H17F3N4O. The summed E-state index contributed by atoms with van der Waals surface area (Å²) in [7, 11) is 0. The highest BCUT2D eigenvalue weighted by molar-refractivity contribution is 5.94. The summed E-state index contributed by atoms with van der Waals surface area (Å²) in [6, 6.07) is 13.8. The Morgan fingerprint density at radius 3 is 2.46 bits per heavy atom. The van der Waals surface area contributed by atoms with Crippen molar-refractivity contribution in [1.29, 1.82) is 0 Å². The van der Waals surface area contributed by atoms with E-state index in [1.165, 1.54) is 0 Å². The van der Waals surface area contributed by atoms with Crippen molar-refractivity contribution in [2.24, 2.45) is 11.0 Å². The number of hydrogen-bond donors (Lipinski definition) is 3. The number of rotatable bonds is 4. The van der Waals surface area contributed by atoms with Crippen LogP contribution in [0.2, 0.25) is 0 Å². The molecule has 2 atom stereocenters. The van der Waals surface area contributed by atoms with Crippen molar-refractivity contribution in [3.8, 4) is 0 Å². The summed E-state index contributed by atoms with van der Waals surface area (Å²) in [5, 5.41) is 3.95. The Morgan fingerprint density at radius 1 is 1.12 bits per heavy atom. The van der Waals surface area contributed by atoms with E-state index >= 15 is 0 Å². The molecule has 1 amide bonds. The molecular weight excluding hydrogens is 345 g/mol. The van der Waals surface area contributed by atoms with Crippen LogP contribution in [-0.2, 0) is 6.18 Å². The molecule has 0 radical (unpaired) electrons. The molecule has 0 aliphatic carbocycles. The largest absolute Gasteiger partial charge is 0.416 e. The van der Waals surface area contributed by atoms with Crippen LogP contribution in [0.25, 0.3) is 0 Å². The molecule has 2 aromatic rings. The lowest BCUT2D eigenvalue weighted by molar-refractivity contribution is -0.137. The summed E-state index contributed by atoms with van der Waals surface area (Å²) in [5.74, 6) is -0.546. The highest BCUT2D eigenvalue weighted by Gasteiger charge is 2.30. The van der Waals surface area contributed by atoms with Crippen molar-refractivity contribution in [2.75, 3.05) is 6.54 Å². The fraction of sp³-hybridized carbons (Fsp3) is 0.222. The topological polar surface area (TPSA) is 65.5 Å². The molecule has 1 aliphatic rings. The minimum Gasteiger partial charge on any atom is -0.267 e. The Labute approximate surface area is 148 Å². The van der Waals surface area contributed by atoms with Crippen LogP contribution in [0.15, 0.2) is 59.7 Å². The first-order valence-corrected chi connectivity index (χ1v) is 7.99. The van der Waals surface area contributed by atoms with E-state index in [9.17, 15) is 18.0 Å². The van der Waals surface area contributed by atoms with E-state index in [0.29, 0.717) is 6.54 Å². The Morgan fingerprint density at radius 2 is 1.81 bits per heavy atom. The van der Waals surface area contributed by atoms with Gasteiger partial charge in [-0.3, -0.25) is 10.2 Å². The zero-order valence-corrected chi connectivity index (χ0v) is 13.6. The molecule has 0 bridgehead atoms. The van der Waals surface area contributed by atoms with Gasteiger partial charge in [-0.15, -0.1) is 0 Å². The third-order valence-electron chi connectivity index (χ3n) is 4.09. The Hall–Kier alpha value is -2.71. The number of hydrogen-bond acceptors (Lipinski definition) is 4. The number of hydrazone groups is 1. The van der Waals surface area contributed by atoms with Crippen LogP contribution < -0.4 is 16.3 Å². The summed E-state index contributed by atoms with van der Waals surface area (Å²) in [6.07, 6.45) is -2.81. The average Bonchev–Trinajstić information content (AvgIpc) is 3.10. The predicted octanol–water partition coefficient (Wildman–Crippen LogP) is 2.89. The van der Waals surface area contributed by atoms with E-state index in [2.05, 4.69) is 21.4 Å².